The Labute approximate surface area is 115 Å². The van der Waals surface area contributed by atoms with Gasteiger partial charge in [-0.15, -0.1) is 0 Å². The van der Waals surface area contributed by atoms with E-state index in [1.165, 1.54) is 6.26 Å². The van der Waals surface area contributed by atoms with Crippen molar-refractivity contribution < 1.29 is 18.7 Å². The number of carbonyl (C=O) groups excluding carboxylic acids is 1. The highest BCUT2D eigenvalue weighted by Gasteiger charge is 2.14. The van der Waals surface area contributed by atoms with Crippen LogP contribution in [-0.2, 0) is 4.74 Å². The second-order valence-corrected chi connectivity index (χ2v) is 4.14. The molecule has 19 heavy (non-hydrogen) atoms. The van der Waals surface area contributed by atoms with E-state index in [4.69, 9.17) is 25.5 Å². The molecule has 0 spiro atoms. The Balaban J connectivity index is 2.11. The van der Waals surface area contributed by atoms with E-state index in [0.717, 1.165) is 5.56 Å². The number of hydrogen-bond donors (Lipinski definition) is 0. The van der Waals surface area contributed by atoms with Crippen LogP contribution in [0.15, 0.2) is 28.9 Å². The van der Waals surface area contributed by atoms with Gasteiger partial charge in [-0.25, -0.2) is 4.79 Å². The number of aromatic nitrogens is 1. The van der Waals surface area contributed by atoms with Crippen LogP contribution in [0.2, 0.25) is 5.02 Å². The maximum absolute atomic E-state index is 11.4. The summed E-state index contributed by atoms with van der Waals surface area (Å²) < 4.78 is 15.2. The van der Waals surface area contributed by atoms with Gasteiger partial charge < -0.3 is 13.9 Å². The minimum absolute atomic E-state index is 0.0234. The Morgan fingerprint density at radius 1 is 1.47 bits per heavy atom. The Hall–Kier alpha value is -2.01. The zero-order valence-electron chi connectivity index (χ0n) is 10.5. The lowest BCUT2D eigenvalue weighted by atomic mass is 10.2. The van der Waals surface area contributed by atoms with Gasteiger partial charge in [-0.3, -0.25) is 0 Å². The van der Waals surface area contributed by atoms with Gasteiger partial charge in [0.05, 0.1) is 6.61 Å². The van der Waals surface area contributed by atoms with Gasteiger partial charge in [-0.1, -0.05) is 11.6 Å². The molecule has 5 nitrogen and oxygen atoms in total. The number of hydrogen-bond acceptors (Lipinski definition) is 5. The molecule has 6 heteroatoms. The molecule has 100 valence electrons. The first-order valence-corrected chi connectivity index (χ1v) is 6.04. The van der Waals surface area contributed by atoms with Crippen molar-refractivity contribution in [2.24, 2.45) is 0 Å². The molecule has 0 amide bonds. The van der Waals surface area contributed by atoms with Gasteiger partial charge in [-0.05, 0) is 37.6 Å². The Morgan fingerprint density at radius 2 is 2.26 bits per heavy atom. The predicted octanol–water partition coefficient (Wildman–Crippen LogP) is 3.61. The summed E-state index contributed by atoms with van der Waals surface area (Å²) in [6.45, 7) is 3.85. The number of esters is 1. The van der Waals surface area contributed by atoms with Crippen molar-refractivity contribution in [3.05, 3.63) is 40.7 Å². The van der Waals surface area contributed by atoms with Crippen LogP contribution in [0.5, 0.6) is 11.8 Å². The number of aryl methyl sites for hydroxylation is 1. The van der Waals surface area contributed by atoms with E-state index in [9.17, 15) is 4.79 Å². The lowest BCUT2D eigenvalue weighted by molar-refractivity contribution is 0.0519. The standard InChI is InChI=1S/C13H12ClNO4/c1-3-17-12(16)11-7-18-13(15-11)19-9-4-5-10(14)8(2)6-9/h4-7H,3H2,1-2H3. The molecule has 2 rings (SSSR count). The van der Waals surface area contributed by atoms with Gasteiger partial charge >= 0.3 is 12.0 Å². The molecule has 2 aromatic rings. The molecule has 0 fully saturated rings. The number of ether oxygens (including phenoxy) is 2. The minimum Gasteiger partial charge on any atom is -0.461 e. The average Bonchev–Trinajstić information content (AvgIpc) is 2.83. The first-order chi connectivity index (χ1) is 9.10. The van der Waals surface area contributed by atoms with Crippen molar-refractivity contribution in [3.8, 4) is 11.8 Å². The zero-order valence-corrected chi connectivity index (χ0v) is 11.2. The summed E-state index contributed by atoms with van der Waals surface area (Å²) >= 11 is 5.91. The van der Waals surface area contributed by atoms with Crippen molar-refractivity contribution in [1.29, 1.82) is 0 Å². The summed E-state index contributed by atoms with van der Waals surface area (Å²) in [6.07, 6.45) is 1.17. The molecule has 1 aromatic heterocycles. The van der Waals surface area contributed by atoms with Gasteiger partial charge in [-0.2, -0.15) is 4.98 Å². The summed E-state index contributed by atoms with van der Waals surface area (Å²) in [6, 6.07) is 5.14. The van der Waals surface area contributed by atoms with Crippen LogP contribution in [0.1, 0.15) is 23.0 Å². The second kappa shape index (κ2) is 5.75. The highest BCUT2D eigenvalue weighted by Crippen LogP contribution is 2.25. The number of carbonyl (C=O) groups is 1. The van der Waals surface area contributed by atoms with E-state index in [1.807, 2.05) is 6.92 Å². The van der Waals surface area contributed by atoms with Crippen LogP contribution >= 0.6 is 11.6 Å². The molecular weight excluding hydrogens is 270 g/mol. The fourth-order valence-corrected chi connectivity index (χ4v) is 1.50. The molecule has 0 atom stereocenters. The third-order valence-electron chi connectivity index (χ3n) is 2.30. The third-order valence-corrected chi connectivity index (χ3v) is 2.73. The van der Waals surface area contributed by atoms with E-state index in [-0.39, 0.29) is 18.4 Å². The van der Waals surface area contributed by atoms with Gasteiger partial charge in [0.1, 0.15) is 12.0 Å². The topological polar surface area (TPSA) is 61.6 Å². The van der Waals surface area contributed by atoms with Crippen molar-refractivity contribution in [2.75, 3.05) is 6.61 Å². The van der Waals surface area contributed by atoms with Crippen LogP contribution < -0.4 is 4.74 Å². The van der Waals surface area contributed by atoms with Gasteiger partial charge in [0.15, 0.2) is 5.69 Å². The van der Waals surface area contributed by atoms with Crippen LogP contribution in [-0.4, -0.2) is 17.6 Å². The monoisotopic (exact) mass is 281 g/mol. The van der Waals surface area contributed by atoms with Crippen LogP contribution in [0.25, 0.3) is 0 Å². The number of nitrogens with zero attached hydrogens (tertiary/aromatic N) is 1. The summed E-state index contributed by atoms with van der Waals surface area (Å²) in [5, 5.41) is 0.645. The SMILES string of the molecule is CCOC(=O)c1coc(Oc2ccc(Cl)c(C)c2)n1. The van der Waals surface area contributed by atoms with E-state index in [1.54, 1.807) is 25.1 Å². The largest absolute Gasteiger partial charge is 0.461 e. The Kier molecular flexibility index (Phi) is 4.06. The molecule has 1 aromatic carbocycles. The van der Waals surface area contributed by atoms with Gasteiger partial charge in [0.25, 0.3) is 0 Å². The quantitative estimate of drug-likeness (QED) is 0.801. The van der Waals surface area contributed by atoms with Gasteiger partial charge in [0.2, 0.25) is 0 Å². The molecule has 0 aliphatic heterocycles. The number of rotatable bonds is 4. The molecule has 0 aliphatic rings. The lowest BCUT2D eigenvalue weighted by Crippen LogP contribution is -2.04. The summed E-state index contributed by atoms with van der Waals surface area (Å²) in [5.74, 6) is -0.0208. The van der Waals surface area contributed by atoms with E-state index < -0.39 is 5.97 Å². The van der Waals surface area contributed by atoms with Gasteiger partial charge in [0, 0.05) is 5.02 Å². The van der Waals surface area contributed by atoms with Crippen molar-refractivity contribution in [2.45, 2.75) is 13.8 Å². The number of benzene rings is 1. The van der Waals surface area contributed by atoms with E-state index >= 15 is 0 Å². The fourth-order valence-electron chi connectivity index (χ4n) is 1.38. The number of halogens is 1. The van der Waals surface area contributed by atoms with E-state index in [0.29, 0.717) is 10.8 Å². The molecule has 0 unspecified atom stereocenters. The maximum Gasteiger partial charge on any atom is 0.399 e. The normalized spacial score (nSPS) is 10.3. The molecule has 0 saturated carbocycles. The minimum atomic E-state index is -0.548. The molecule has 1 heterocycles. The fraction of sp³-hybridized carbons (Fsp3) is 0.231. The summed E-state index contributed by atoms with van der Waals surface area (Å²) in [7, 11) is 0. The molecule has 0 saturated heterocycles. The Morgan fingerprint density at radius 3 is 2.95 bits per heavy atom. The van der Waals surface area contributed by atoms with Crippen LogP contribution in [0, 0.1) is 6.92 Å². The zero-order chi connectivity index (χ0) is 13.8. The predicted molar refractivity (Wildman–Crippen MR) is 68.7 cm³/mol. The molecule has 0 radical (unpaired) electrons. The summed E-state index contributed by atoms with van der Waals surface area (Å²) in [4.78, 5) is 15.3. The molecule has 0 N–H and O–H groups in total. The highest BCUT2D eigenvalue weighted by atomic mass is 35.5. The number of oxazole rings is 1. The smallest absolute Gasteiger partial charge is 0.399 e. The van der Waals surface area contributed by atoms with Crippen molar-refractivity contribution in [3.63, 3.8) is 0 Å². The second-order valence-electron chi connectivity index (χ2n) is 3.73. The average molecular weight is 282 g/mol. The molecule has 0 bridgehead atoms. The first kappa shape index (κ1) is 13.4. The van der Waals surface area contributed by atoms with Crippen molar-refractivity contribution >= 4 is 17.6 Å². The first-order valence-electron chi connectivity index (χ1n) is 5.67. The van der Waals surface area contributed by atoms with E-state index in [2.05, 4.69) is 4.98 Å². The van der Waals surface area contributed by atoms with Crippen LogP contribution in [0.4, 0.5) is 0 Å². The highest BCUT2D eigenvalue weighted by molar-refractivity contribution is 6.31. The molecular formula is C13H12ClNO4. The lowest BCUT2D eigenvalue weighted by Gasteiger charge is -2.02. The maximum atomic E-state index is 11.4. The summed E-state index contributed by atoms with van der Waals surface area (Å²) in [5.41, 5.74) is 0.943. The van der Waals surface area contributed by atoms with Crippen LogP contribution in [0.3, 0.4) is 0 Å². The van der Waals surface area contributed by atoms with Crippen molar-refractivity contribution in [1.82, 2.24) is 4.98 Å². The molecule has 0 aliphatic carbocycles. The third kappa shape index (κ3) is 3.26. The Bertz CT molecular complexity index is 594.